The maximum absolute atomic E-state index is 12.7. The number of amides is 3. The molecule has 2 rings (SSSR count). The molecule has 1 N–H and O–H groups in total. The van der Waals surface area contributed by atoms with E-state index < -0.39 is 17.9 Å². The lowest BCUT2D eigenvalue weighted by molar-refractivity contribution is -0.118. The van der Waals surface area contributed by atoms with Gasteiger partial charge in [0, 0.05) is 0 Å². The van der Waals surface area contributed by atoms with E-state index in [1.54, 1.807) is 0 Å². The molecule has 1 saturated heterocycles. The first-order valence-electron chi connectivity index (χ1n) is 5.03. The highest BCUT2D eigenvalue weighted by molar-refractivity contribution is 6.21. The van der Waals surface area contributed by atoms with E-state index in [0.29, 0.717) is 12.1 Å². The van der Waals surface area contributed by atoms with Gasteiger partial charge in [-0.25, -0.2) is 14.1 Å². The number of hydrogen-bond acceptors (Lipinski definition) is 2. The van der Waals surface area contributed by atoms with Crippen LogP contribution in [0.3, 0.4) is 0 Å². The van der Waals surface area contributed by atoms with Crippen molar-refractivity contribution in [1.29, 1.82) is 0 Å². The Labute approximate surface area is 92.0 Å². The fraction of sp³-hybridized carbons (Fsp3) is 0.273. The Balaban J connectivity index is 2.31. The van der Waals surface area contributed by atoms with Crippen molar-refractivity contribution in [3.63, 3.8) is 0 Å². The molecule has 5 heteroatoms. The number of anilines is 1. The first kappa shape index (κ1) is 10.6. The molecule has 84 valence electrons. The lowest BCUT2D eigenvalue weighted by Gasteiger charge is -2.12. The van der Waals surface area contributed by atoms with Crippen molar-refractivity contribution < 1.29 is 14.0 Å². The number of urea groups is 1. The molecule has 1 atom stereocenters. The van der Waals surface area contributed by atoms with Gasteiger partial charge in [-0.3, -0.25) is 4.79 Å². The zero-order chi connectivity index (χ0) is 11.7. The van der Waals surface area contributed by atoms with Crippen LogP contribution >= 0.6 is 0 Å². The minimum absolute atomic E-state index is 0.292. The summed E-state index contributed by atoms with van der Waals surface area (Å²) in [4.78, 5) is 24.4. The van der Waals surface area contributed by atoms with Crippen LogP contribution in [0.1, 0.15) is 13.3 Å². The zero-order valence-corrected chi connectivity index (χ0v) is 8.74. The number of carbonyl (C=O) groups excluding carboxylic acids is 2. The average Bonchev–Trinajstić information content (AvgIpc) is 2.56. The molecular weight excluding hydrogens is 211 g/mol. The quantitative estimate of drug-likeness (QED) is 0.773. The molecule has 1 fully saturated rings. The van der Waals surface area contributed by atoms with Crippen molar-refractivity contribution in [3.8, 4) is 0 Å². The van der Waals surface area contributed by atoms with Crippen LogP contribution in [0, 0.1) is 5.82 Å². The molecule has 0 aliphatic carbocycles. The van der Waals surface area contributed by atoms with Crippen LogP contribution in [0.15, 0.2) is 24.3 Å². The van der Waals surface area contributed by atoms with Crippen molar-refractivity contribution in [2.75, 3.05) is 4.90 Å². The molecule has 0 bridgehead atoms. The second-order valence-electron chi connectivity index (χ2n) is 3.56. The van der Waals surface area contributed by atoms with Crippen LogP contribution in [-0.4, -0.2) is 18.0 Å². The number of hydrogen-bond donors (Lipinski definition) is 1. The minimum Gasteiger partial charge on any atom is -0.325 e. The van der Waals surface area contributed by atoms with Crippen LogP contribution in [-0.2, 0) is 4.79 Å². The Morgan fingerprint density at radius 1 is 1.31 bits per heavy atom. The fourth-order valence-corrected chi connectivity index (χ4v) is 1.64. The summed E-state index contributed by atoms with van der Waals surface area (Å²) in [7, 11) is 0. The summed E-state index contributed by atoms with van der Waals surface area (Å²) in [5.74, 6) is -0.693. The summed E-state index contributed by atoms with van der Waals surface area (Å²) < 4.78 is 12.7. The van der Waals surface area contributed by atoms with Gasteiger partial charge in [-0.05, 0) is 30.7 Å². The Hall–Kier alpha value is -1.91. The van der Waals surface area contributed by atoms with E-state index in [0.717, 1.165) is 4.90 Å². The summed E-state index contributed by atoms with van der Waals surface area (Å²) >= 11 is 0. The van der Waals surface area contributed by atoms with E-state index >= 15 is 0 Å². The first-order valence-corrected chi connectivity index (χ1v) is 5.03. The Morgan fingerprint density at radius 2 is 1.94 bits per heavy atom. The Bertz CT molecular complexity index is 430. The van der Waals surface area contributed by atoms with E-state index in [-0.39, 0.29) is 5.91 Å². The molecule has 1 aromatic rings. The van der Waals surface area contributed by atoms with Crippen molar-refractivity contribution in [1.82, 2.24) is 5.32 Å². The summed E-state index contributed by atoms with van der Waals surface area (Å²) in [6.07, 6.45) is 0.544. The largest absolute Gasteiger partial charge is 0.329 e. The number of carbonyl (C=O) groups is 2. The molecular formula is C11H11FN2O2. The van der Waals surface area contributed by atoms with Gasteiger partial charge in [0.15, 0.2) is 0 Å². The number of nitrogens with one attached hydrogen (secondary N) is 1. The predicted molar refractivity (Wildman–Crippen MR) is 56.5 cm³/mol. The molecule has 0 radical (unpaired) electrons. The van der Waals surface area contributed by atoms with Gasteiger partial charge in [0.25, 0.3) is 5.91 Å². The van der Waals surface area contributed by atoms with Crippen LogP contribution in [0.4, 0.5) is 14.9 Å². The molecule has 0 unspecified atom stereocenters. The molecule has 1 heterocycles. The zero-order valence-electron chi connectivity index (χ0n) is 8.74. The van der Waals surface area contributed by atoms with E-state index in [9.17, 15) is 14.0 Å². The number of imide groups is 1. The van der Waals surface area contributed by atoms with Crippen molar-refractivity contribution in [3.05, 3.63) is 30.1 Å². The molecule has 4 nitrogen and oxygen atoms in total. The predicted octanol–water partition coefficient (Wildman–Crippen LogP) is 1.66. The highest BCUT2D eigenvalue weighted by Gasteiger charge is 2.37. The molecule has 1 aliphatic rings. The van der Waals surface area contributed by atoms with Gasteiger partial charge in [0.2, 0.25) is 0 Å². The van der Waals surface area contributed by atoms with Gasteiger partial charge in [0.05, 0.1) is 5.69 Å². The summed E-state index contributed by atoms with van der Waals surface area (Å²) in [5.41, 5.74) is 0.389. The SMILES string of the molecule is CC[C@@H]1NC(=O)N(c2ccc(F)cc2)C1=O. The van der Waals surface area contributed by atoms with Crippen molar-refractivity contribution >= 4 is 17.6 Å². The van der Waals surface area contributed by atoms with E-state index in [1.165, 1.54) is 24.3 Å². The summed E-state index contributed by atoms with van der Waals surface area (Å²) in [6, 6.07) is 4.32. The fourth-order valence-electron chi connectivity index (χ4n) is 1.64. The summed E-state index contributed by atoms with van der Waals surface area (Å²) in [6.45, 7) is 1.82. The van der Waals surface area contributed by atoms with Crippen molar-refractivity contribution in [2.45, 2.75) is 19.4 Å². The van der Waals surface area contributed by atoms with Crippen LogP contribution in [0.2, 0.25) is 0 Å². The standard InChI is InChI=1S/C11H11FN2O2/c1-2-9-10(15)14(11(16)13-9)8-5-3-7(12)4-6-8/h3-6,9H,2H2,1H3,(H,13,16)/t9-/m0/s1. The van der Waals surface area contributed by atoms with Gasteiger partial charge in [-0.15, -0.1) is 0 Å². The molecule has 1 aromatic carbocycles. The molecule has 0 spiro atoms. The number of halogens is 1. The van der Waals surface area contributed by atoms with E-state index in [4.69, 9.17) is 0 Å². The van der Waals surface area contributed by atoms with Gasteiger partial charge >= 0.3 is 6.03 Å². The van der Waals surface area contributed by atoms with Crippen LogP contribution in [0.5, 0.6) is 0 Å². The van der Waals surface area contributed by atoms with Crippen LogP contribution < -0.4 is 10.2 Å². The maximum atomic E-state index is 12.7. The third-order valence-electron chi connectivity index (χ3n) is 2.51. The molecule has 0 aromatic heterocycles. The third-order valence-corrected chi connectivity index (χ3v) is 2.51. The lowest BCUT2D eigenvalue weighted by atomic mass is 10.2. The van der Waals surface area contributed by atoms with Gasteiger partial charge in [-0.1, -0.05) is 6.92 Å². The highest BCUT2D eigenvalue weighted by atomic mass is 19.1. The maximum Gasteiger partial charge on any atom is 0.329 e. The van der Waals surface area contributed by atoms with Gasteiger partial charge in [-0.2, -0.15) is 0 Å². The van der Waals surface area contributed by atoms with E-state index in [1.807, 2.05) is 6.92 Å². The molecule has 16 heavy (non-hydrogen) atoms. The highest BCUT2D eigenvalue weighted by Crippen LogP contribution is 2.20. The first-order chi connectivity index (χ1) is 7.63. The number of benzene rings is 1. The number of nitrogens with zero attached hydrogens (tertiary/aromatic N) is 1. The van der Waals surface area contributed by atoms with Gasteiger partial charge < -0.3 is 5.32 Å². The third kappa shape index (κ3) is 1.64. The number of rotatable bonds is 2. The minimum atomic E-state index is -0.474. The lowest BCUT2D eigenvalue weighted by Crippen LogP contribution is -2.31. The second kappa shape index (κ2) is 3.92. The monoisotopic (exact) mass is 222 g/mol. The van der Waals surface area contributed by atoms with E-state index in [2.05, 4.69) is 5.32 Å². The summed E-state index contributed by atoms with van der Waals surface area (Å²) in [5, 5.41) is 2.56. The molecule has 3 amide bonds. The molecule has 1 aliphatic heterocycles. The van der Waals surface area contributed by atoms with Crippen LogP contribution in [0.25, 0.3) is 0 Å². The smallest absolute Gasteiger partial charge is 0.325 e. The van der Waals surface area contributed by atoms with Gasteiger partial charge in [0.1, 0.15) is 11.9 Å². The Kier molecular flexibility index (Phi) is 2.60. The topological polar surface area (TPSA) is 49.4 Å². The Morgan fingerprint density at radius 3 is 2.44 bits per heavy atom. The normalized spacial score (nSPS) is 20.1. The van der Waals surface area contributed by atoms with Crippen molar-refractivity contribution in [2.24, 2.45) is 0 Å². The second-order valence-corrected chi connectivity index (χ2v) is 3.56. The average molecular weight is 222 g/mol. The molecule has 0 saturated carbocycles.